The Morgan fingerprint density at radius 2 is 1.93 bits per heavy atom. The monoisotopic (exact) mass is 434 g/mol. The van der Waals surface area contributed by atoms with E-state index in [0.717, 1.165) is 6.42 Å². The molecule has 2 amide bonds. The van der Waals surface area contributed by atoms with Gasteiger partial charge in [-0.2, -0.15) is 0 Å². The molecule has 30 heavy (non-hydrogen) atoms. The number of rotatable bonds is 6. The number of methoxy groups -OCH3 is 1. The Morgan fingerprint density at radius 1 is 1.17 bits per heavy atom. The maximum atomic E-state index is 12.4. The highest BCUT2D eigenvalue weighted by Gasteiger charge is 2.25. The van der Waals surface area contributed by atoms with Crippen molar-refractivity contribution < 1.29 is 27.5 Å². The maximum Gasteiger partial charge on any atom is 0.271 e. The topological polar surface area (TPSA) is 126 Å². The standard InChI is InChI=1S/C19H22N4O6S/c1-3-9-29-15-6-4-13(11-16(15)28-2)18(24)20-21-19(25)14-5-7-17-22-30(26,27)10-8-23(17)12-14/h4-7,11-12H,3,8-10H2,1-2H3,(H,20,24)(H,21,25). The number of fused-ring (bicyclic) bond motifs is 1. The molecule has 0 fully saturated rings. The number of benzene rings is 1. The van der Waals surface area contributed by atoms with E-state index >= 15 is 0 Å². The minimum absolute atomic E-state index is 0.133. The largest absolute Gasteiger partial charge is 0.493 e. The van der Waals surface area contributed by atoms with E-state index in [0.29, 0.717) is 18.1 Å². The first kappa shape index (κ1) is 21.4. The summed E-state index contributed by atoms with van der Waals surface area (Å²) in [6.45, 7) is 2.70. The summed E-state index contributed by atoms with van der Waals surface area (Å²) in [6.07, 6.45) is 5.19. The molecular formula is C19H22N4O6S. The van der Waals surface area contributed by atoms with Gasteiger partial charge in [-0.1, -0.05) is 6.92 Å². The fourth-order valence-corrected chi connectivity index (χ4v) is 3.70. The number of amides is 2. The lowest BCUT2D eigenvalue weighted by atomic mass is 10.2. The lowest BCUT2D eigenvalue weighted by Crippen LogP contribution is -2.43. The number of amidine groups is 1. The van der Waals surface area contributed by atoms with E-state index in [4.69, 9.17) is 9.47 Å². The van der Waals surface area contributed by atoms with Gasteiger partial charge in [0, 0.05) is 18.3 Å². The fourth-order valence-electron chi connectivity index (χ4n) is 2.73. The first-order chi connectivity index (χ1) is 14.3. The molecule has 0 aromatic heterocycles. The van der Waals surface area contributed by atoms with E-state index in [2.05, 4.69) is 15.2 Å². The highest BCUT2D eigenvalue weighted by Crippen LogP contribution is 2.28. The Balaban J connectivity index is 1.62. The van der Waals surface area contributed by atoms with Gasteiger partial charge in [0.05, 0.1) is 25.0 Å². The fraction of sp³-hybridized carbons (Fsp3) is 0.316. The SMILES string of the molecule is CCCOc1ccc(C(=O)NNC(=O)C2=CN3CCS(=O)(=O)N=C3C=C2)cc1OC. The van der Waals surface area contributed by atoms with Gasteiger partial charge in [0.15, 0.2) is 11.5 Å². The van der Waals surface area contributed by atoms with E-state index in [1.54, 1.807) is 17.0 Å². The lowest BCUT2D eigenvalue weighted by Gasteiger charge is -2.26. The number of hydrogen-bond acceptors (Lipinski definition) is 7. The molecule has 0 bridgehead atoms. The zero-order chi connectivity index (χ0) is 21.7. The summed E-state index contributed by atoms with van der Waals surface area (Å²) in [4.78, 5) is 26.3. The Morgan fingerprint density at radius 3 is 2.67 bits per heavy atom. The van der Waals surface area contributed by atoms with Crippen molar-refractivity contribution in [1.82, 2.24) is 15.8 Å². The van der Waals surface area contributed by atoms with Crippen molar-refractivity contribution in [3.63, 3.8) is 0 Å². The molecule has 160 valence electrons. The lowest BCUT2D eigenvalue weighted by molar-refractivity contribution is -0.118. The van der Waals surface area contributed by atoms with Crippen LogP contribution in [0, 0.1) is 0 Å². The number of nitrogens with one attached hydrogen (secondary N) is 2. The predicted octanol–water partition coefficient (Wildman–Crippen LogP) is 0.743. The molecule has 2 aliphatic rings. The van der Waals surface area contributed by atoms with Crippen molar-refractivity contribution in [3.05, 3.63) is 47.7 Å². The third-order valence-electron chi connectivity index (χ3n) is 4.26. The van der Waals surface area contributed by atoms with E-state index in [1.165, 1.54) is 31.5 Å². The van der Waals surface area contributed by atoms with Crippen molar-refractivity contribution in [1.29, 1.82) is 0 Å². The van der Waals surface area contributed by atoms with Gasteiger partial charge in [-0.3, -0.25) is 20.4 Å². The second-order valence-electron chi connectivity index (χ2n) is 6.47. The number of hydrogen-bond donors (Lipinski definition) is 2. The van der Waals surface area contributed by atoms with Crippen LogP contribution in [0.2, 0.25) is 0 Å². The van der Waals surface area contributed by atoms with Gasteiger partial charge in [0.1, 0.15) is 5.84 Å². The van der Waals surface area contributed by atoms with Crippen LogP contribution in [0.15, 0.2) is 46.5 Å². The molecule has 2 heterocycles. The minimum atomic E-state index is -3.47. The van der Waals surface area contributed by atoms with Crippen molar-refractivity contribution in [3.8, 4) is 11.5 Å². The van der Waals surface area contributed by atoms with Crippen LogP contribution >= 0.6 is 0 Å². The zero-order valence-electron chi connectivity index (χ0n) is 16.5. The van der Waals surface area contributed by atoms with Gasteiger partial charge in [0.25, 0.3) is 21.8 Å². The summed E-state index contributed by atoms with van der Waals surface area (Å²) in [7, 11) is -1.99. The third-order valence-corrected chi connectivity index (χ3v) is 5.43. The molecule has 10 nitrogen and oxygen atoms in total. The molecule has 2 aliphatic heterocycles. The molecule has 0 spiro atoms. The van der Waals surface area contributed by atoms with Crippen LogP contribution in [-0.2, 0) is 14.8 Å². The van der Waals surface area contributed by atoms with Gasteiger partial charge in [0.2, 0.25) is 0 Å². The second kappa shape index (κ2) is 8.99. The van der Waals surface area contributed by atoms with Crippen LogP contribution in [0.1, 0.15) is 23.7 Å². The Bertz CT molecular complexity index is 1050. The molecule has 0 aliphatic carbocycles. The number of ether oxygens (including phenoxy) is 2. The normalized spacial score (nSPS) is 16.7. The quantitative estimate of drug-likeness (QED) is 0.633. The molecule has 2 N–H and O–H groups in total. The van der Waals surface area contributed by atoms with Gasteiger partial charge >= 0.3 is 0 Å². The molecule has 3 rings (SSSR count). The van der Waals surface area contributed by atoms with E-state index in [9.17, 15) is 18.0 Å². The highest BCUT2D eigenvalue weighted by molar-refractivity contribution is 7.90. The summed E-state index contributed by atoms with van der Waals surface area (Å²) >= 11 is 0. The number of hydrazine groups is 1. The predicted molar refractivity (Wildman–Crippen MR) is 110 cm³/mol. The minimum Gasteiger partial charge on any atom is -0.493 e. The molecule has 0 saturated carbocycles. The summed E-state index contributed by atoms with van der Waals surface area (Å²) < 4.78 is 37.5. The molecule has 1 aromatic rings. The maximum absolute atomic E-state index is 12.4. The average Bonchev–Trinajstić information content (AvgIpc) is 2.74. The summed E-state index contributed by atoms with van der Waals surface area (Å²) in [5.41, 5.74) is 5.20. The van der Waals surface area contributed by atoms with E-state index < -0.39 is 21.8 Å². The van der Waals surface area contributed by atoms with Gasteiger partial charge in [-0.15, -0.1) is 4.40 Å². The van der Waals surface area contributed by atoms with Crippen LogP contribution in [0.4, 0.5) is 0 Å². The Hall–Kier alpha value is -3.34. The molecule has 0 atom stereocenters. The molecule has 0 unspecified atom stereocenters. The average molecular weight is 434 g/mol. The van der Waals surface area contributed by atoms with Crippen molar-refractivity contribution >= 4 is 27.7 Å². The Kier molecular flexibility index (Phi) is 6.40. The van der Waals surface area contributed by atoms with Crippen molar-refractivity contribution in [2.75, 3.05) is 26.0 Å². The molecule has 0 saturated heterocycles. The first-order valence-corrected chi connectivity index (χ1v) is 10.8. The number of sulfonamides is 1. The number of carbonyl (C=O) groups excluding carboxylic acids is 2. The van der Waals surface area contributed by atoms with Gasteiger partial charge in [-0.25, -0.2) is 8.42 Å². The second-order valence-corrected chi connectivity index (χ2v) is 8.22. The molecule has 1 aromatic carbocycles. The Labute approximate surface area is 174 Å². The van der Waals surface area contributed by atoms with E-state index in [1.807, 2.05) is 6.92 Å². The van der Waals surface area contributed by atoms with Gasteiger partial charge in [-0.05, 0) is 36.8 Å². The van der Waals surface area contributed by atoms with E-state index in [-0.39, 0.29) is 29.3 Å². The third kappa shape index (κ3) is 4.98. The van der Waals surface area contributed by atoms with Crippen molar-refractivity contribution in [2.45, 2.75) is 13.3 Å². The summed E-state index contributed by atoms with van der Waals surface area (Å²) in [5.74, 6) is -0.0333. The smallest absolute Gasteiger partial charge is 0.271 e. The molecule has 0 radical (unpaired) electrons. The van der Waals surface area contributed by atoms with Crippen LogP contribution in [0.25, 0.3) is 0 Å². The highest BCUT2D eigenvalue weighted by atomic mass is 32.2. The molecule has 11 heteroatoms. The van der Waals surface area contributed by atoms with Crippen molar-refractivity contribution in [2.24, 2.45) is 4.40 Å². The van der Waals surface area contributed by atoms with Crippen LogP contribution in [-0.4, -0.2) is 57.0 Å². The zero-order valence-corrected chi connectivity index (χ0v) is 17.4. The molecular weight excluding hydrogens is 412 g/mol. The van der Waals surface area contributed by atoms with Crippen LogP contribution in [0.5, 0.6) is 11.5 Å². The number of nitrogens with zero attached hydrogens (tertiary/aromatic N) is 2. The summed E-state index contributed by atoms with van der Waals surface area (Å²) in [5, 5.41) is 0. The van der Waals surface area contributed by atoms with Crippen LogP contribution in [0.3, 0.4) is 0 Å². The summed E-state index contributed by atoms with van der Waals surface area (Å²) in [6, 6.07) is 4.71. The first-order valence-electron chi connectivity index (χ1n) is 9.23. The van der Waals surface area contributed by atoms with Gasteiger partial charge < -0.3 is 14.4 Å². The van der Waals surface area contributed by atoms with Crippen LogP contribution < -0.4 is 20.3 Å². The number of carbonyl (C=O) groups is 2.